The van der Waals surface area contributed by atoms with Gasteiger partial charge in [-0.05, 0) is 49.3 Å². The lowest BCUT2D eigenvalue weighted by Gasteiger charge is -2.24. The van der Waals surface area contributed by atoms with Gasteiger partial charge in [-0.1, -0.05) is 37.5 Å². The zero-order chi connectivity index (χ0) is 23.7. The van der Waals surface area contributed by atoms with Crippen LogP contribution in [0.15, 0.2) is 59.5 Å². The molecule has 1 N–H and O–H groups in total. The SMILES string of the molecule is O=C(CN(c1ccc([N+](=O)[O-])cc1)S(=O)(=O)c1ccccc1)NCCCSC1CCCCC1. The van der Waals surface area contributed by atoms with Crippen molar-refractivity contribution in [3.63, 3.8) is 0 Å². The molecule has 0 unspecified atom stereocenters. The quantitative estimate of drug-likeness (QED) is 0.284. The highest BCUT2D eigenvalue weighted by Gasteiger charge is 2.27. The summed E-state index contributed by atoms with van der Waals surface area (Å²) in [5.74, 6) is 0.537. The predicted molar refractivity (Wildman–Crippen MR) is 131 cm³/mol. The first kappa shape index (κ1) is 25.0. The Labute approximate surface area is 199 Å². The first-order chi connectivity index (χ1) is 15.9. The molecule has 0 aromatic heterocycles. The number of carbonyl (C=O) groups excluding carboxylic acids is 1. The summed E-state index contributed by atoms with van der Waals surface area (Å²) >= 11 is 1.95. The van der Waals surface area contributed by atoms with Crippen molar-refractivity contribution in [1.29, 1.82) is 0 Å². The molecule has 0 heterocycles. The second-order valence-corrected chi connectivity index (χ2v) is 11.2. The van der Waals surface area contributed by atoms with Crippen LogP contribution >= 0.6 is 11.8 Å². The molecule has 1 saturated carbocycles. The number of rotatable bonds is 11. The van der Waals surface area contributed by atoms with Gasteiger partial charge in [-0.2, -0.15) is 11.8 Å². The van der Waals surface area contributed by atoms with Crippen molar-refractivity contribution in [2.75, 3.05) is 23.1 Å². The summed E-state index contributed by atoms with van der Waals surface area (Å²) in [6, 6.07) is 12.9. The maximum absolute atomic E-state index is 13.2. The van der Waals surface area contributed by atoms with Crippen LogP contribution in [-0.4, -0.2) is 43.3 Å². The number of nitrogens with zero attached hydrogens (tertiary/aromatic N) is 2. The molecule has 1 fully saturated rings. The summed E-state index contributed by atoms with van der Waals surface area (Å²) in [4.78, 5) is 23.1. The summed E-state index contributed by atoms with van der Waals surface area (Å²) in [5, 5.41) is 14.5. The van der Waals surface area contributed by atoms with Gasteiger partial charge in [0.25, 0.3) is 15.7 Å². The Morgan fingerprint density at radius 2 is 1.73 bits per heavy atom. The normalized spacial score (nSPS) is 14.5. The van der Waals surface area contributed by atoms with Crippen molar-refractivity contribution in [3.8, 4) is 0 Å². The molecule has 33 heavy (non-hydrogen) atoms. The minimum atomic E-state index is -4.03. The Hall–Kier alpha value is -2.59. The Morgan fingerprint density at radius 1 is 1.06 bits per heavy atom. The van der Waals surface area contributed by atoms with Crippen molar-refractivity contribution < 1.29 is 18.1 Å². The van der Waals surface area contributed by atoms with Gasteiger partial charge >= 0.3 is 0 Å². The summed E-state index contributed by atoms with van der Waals surface area (Å²) < 4.78 is 27.5. The Kier molecular flexibility index (Phi) is 9.13. The molecule has 0 radical (unpaired) electrons. The number of hydrogen-bond donors (Lipinski definition) is 1. The van der Waals surface area contributed by atoms with Crippen LogP contribution < -0.4 is 9.62 Å². The third-order valence-corrected chi connectivity index (χ3v) is 8.77. The number of benzene rings is 2. The van der Waals surface area contributed by atoms with Gasteiger partial charge in [-0.25, -0.2) is 8.42 Å². The van der Waals surface area contributed by atoms with Crippen LogP contribution in [0, 0.1) is 10.1 Å². The number of nitro groups is 1. The van der Waals surface area contributed by atoms with Gasteiger partial charge < -0.3 is 5.32 Å². The van der Waals surface area contributed by atoms with Crippen molar-refractivity contribution in [2.24, 2.45) is 0 Å². The maximum Gasteiger partial charge on any atom is 0.269 e. The summed E-state index contributed by atoms with van der Waals surface area (Å²) in [6.45, 7) is 0.0584. The number of nitrogens with one attached hydrogen (secondary N) is 1. The van der Waals surface area contributed by atoms with Crippen LogP contribution in [0.1, 0.15) is 38.5 Å². The highest BCUT2D eigenvalue weighted by molar-refractivity contribution is 7.99. The number of nitro benzene ring substituents is 1. The molecule has 0 bridgehead atoms. The molecular weight excluding hydrogens is 462 g/mol. The van der Waals surface area contributed by atoms with Gasteiger partial charge in [0.1, 0.15) is 6.54 Å². The molecule has 10 heteroatoms. The van der Waals surface area contributed by atoms with Gasteiger partial charge in [0, 0.05) is 23.9 Å². The zero-order valence-corrected chi connectivity index (χ0v) is 20.0. The van der Waals surface area contributed by atoms with E-state index in [0.717, 1.165) is 16.5 Å². The Morgan fingerprint density at radius 3 is 2.36 bits per heavy atom. The van der Waals surface area contributed by atoms with Gasteiger partial charge in [0.05, 0.1) is 15.5 Å². The van der Waals surface area contributed by atoms with E-state index < -0.39 is 27.4 Å². The molecule has 178 valence electrons. The lowest BCUT2D eigenvalue weighted by atomic mass is 10.0. The summed E-state index contributed by atoms with van der Waals surface area (Å²) in [5.41, 5.74) is 0.0307. The predicted octanol–water partition coefficient (Wildman–Crippen LogP) is 4.36. The molecule has 8 nitrogen and oxygen atoms in total. The molecule has 3 rings (SSSR count). The summed E-state index contributed by atoms with van der Waals surface area (Å²) in [6.07, 6.45) is 7.25. The summed E-state index contributed by atoms with van der Waals surface area (Å²) in [7, 11) is -4.03. The van der Waals surface area contributed by atoms with Crippen molar-refractivity contribution in [1.82, 2.24) is 5.32 Å². The standard InChI is InChI=1S/C23H29N3O5S2/c27-23(24-16-7-17-32-21-8-3-1-4-9-21)18-25(19-12-14-20(15-13-19)26(28)29)33(30,31)22-10-5-2-6-11-22/h2,5-6,10-15,21H,1,3-4,7-9,16-18H2,(H,24,27). The van der Waals surface area contributed by atoms with Crippen LogP contribution in [0.25, 0.3) is 0 Å². The number of amides is 1. The minimum absolute atomic E-state index is 0.0417. The van der Waals surface area contributed by atoms with Crippen LogP contribution in [0.3, 0.4) is 0 Å². The lowest BCUT2D eigenvalue weighted by molar-refractivity contribution is -0.384. The topological polar surface area (TPSA) is 110 Å². The third-order valence-electron chi connectivity index (χ3n) is 5.52. The van der Waals surface area contributed by atoms with Crippen molar-refractivity contribution in [3.05, 3.63) is 64.7 Å². The second-order valence-electron chi connectivity index (χ2n) is 7.93. The van der Waals surface area contributed by atoms with Crippen LogP contribution in [0.4, 0.5) is 11.4 Å². The average molecular weight is 492 g/mol. The van der Waals surface area contributed by atoms with E-state index in [1.807, 2.05) is 11.8 Å². The number of sulfonamides is 1. The molecule has 1 amide bonds. The first-order valence-electron chi connectivity index (χ1n) is 11.1. The van der Waals surface area contributed by atoms with Gasteiger partial charge in [-0.3, -0.25) is 19.2 Å². The van der Waals surface area contributed by atoms with E-state index in [9.17, 15) is 23.3 Å². The van der Waals surface area contributed by atoms with E-state index in [-0.39, 0.29) is 16.3 Å². The van der Waals surface area contributed by atoms with E-state index >= 15 is 0 Å². The number of thioether (sulfide) groups is 1. The number of non-ortho nitro benzene ring substituents is 1. The van der Waals surface area contributed by atoms with Crippen molar-refractivity contribution >= 4 is 39.1 Å². The fourth-order valence-corrected chi connectivity index (χ4v) is 6.50. The first-order valence-corrected chi connectivity index (χ1v) is 13.6. The molecule has 1 aliphatic rings. The lowest BCUT2D eigenvalue weighted by Crippen LogP contribution is -2.41. The average Bonchev–Trinajstić information content (AvgIpc) is 2.83. The van der Waals surface area contributed by atoms with E-state index in [1.54, 1.807) is 18.2 Å². The highest BCUT2D eigenvalue weighted by Crippen LogP contribution is 2.28. The van der Waals surface area contributed by atoms with Gasteiger partial charge in [-0.15, -0.1) is 0 Å². The van der Waals surface area contributed by atoms with Gasteiger partial charge in [0.2, 0.25) is 5.91 Å². The number of carbonyl (C=O) groups is 1. The Balaban J connectivity index is 1.63. The largest absolute Gasteiger partial charge is 0.354 e. The minimum Gasteiger partial charge on any atom is -0.354 e. The number of anilines is 1. The van der Waals surface area contributed by atoms with E-state index in [0.29, 0.717) is 11.8 Å². The third kappa shape index (κ3) is 7.20. The number of hydrogen-bond acceptors (Lipinski definition) is 6. The molecular formula is C23H29N3O5S2. The molecule has 2 aromatic carbocycles. The highest BCUT2D eigenvalue weighted by atomic mass is 32.2. The monoisotopic (exact) mass is 491 g/mol. The van der Waals surface area contributed by atoms with Gasteiger partial charge in [0.15, 0.2) is 0 Å². The van der Waals surface area contributed by atoms with Crippen LogP contribution in [-0.2, 0) is 14.8 Å². The second kappa shape index (κ2) is 12.0. The van der Waals surface area contributed by atoms with Crippen LogP contribution in [0.2, 0.25) is 0 Å². The van der Waals surface area contributed by atoms with E-state index in [1.165, 1.54) is 68.5 Å². The molecule has 0 spiro atoms. The molecule has 2 aromatic rings. The fraction of sp³-hybridized carbons (Fsp3) is 0.435. The molecule has 0 saturated heterocycles. The zero-order valence-electron chi connectivity index (χ0n) is 18.4. The fourth-order valence-electron chi connectivity index (χ4n) is 3.74. The molecule has 0 atom stereocenters. The van der Waals surface area contributed by atoms with E-state index in [4.69, 9.17) is 0 Å². The Bertz CT molecular complexity index is 1020. The molecule has 1 aliphatic carbocycles. The van der Waals surface area contributed by atoms with Crippen LogP contribution in [0.5, 0.6) is 0 Å². The van der Waals surface area contributed by atoms with Crippen molar-refractivity contribution in [2.45, 2.75) is 48.7 Å². The smallest absolute Gasteiger partial charge is 0.269 e. The molecule has 0 aliphatic heterocycles. The van der Waals surface area contributed by atoms with E-state index in [2.05, 4.69) is 5.32 Å². The maximum atomic E-state index is 13.2.